The summed E-state index contributed by atoms with van der Waals surface area (Å²) in [5, 5.41) is 0.691. The Morgan fingerprint density at radius 3 is 2.68 bits per heavy atom. The maximum Gasteiger partial charge on any atom is 0.150 e. The van der Waals surface area contributed by atoms with Gasteiger partial charge in [0.1, 0.15) is 12.0 Å². The van der Waals surface area contributed by atoms with Crippen LogP contribution < -0.4 is 4.74 Å². The van der Waals surface area contributed by atoms with Gasteiger partial charge in [-0.05, 0) is 73.7 Å². The Kier molecular flexibility index (Phi) is 7.11. The Bertz CT molecular complexity index is 814. The summed E-state index contributed by atoms with van der Waals surface area (Å²) in [5.41, 5.74) is 4.83. The van der Waals surface area contributed by atoms with Gasteiger partial charge in [-0.3, -0.25) is 9.69 Å². The van der Waals surface area contributed by atoms with Crippen molar-refractivity contribution in [1.82, 2.24) is 4.90 Å². The van der Waals surface area contributed by atoms with Crippen LogP contribution in [0.5, 0.6) is 5.75 Å². The smallest absolute Gasteiger partial charge is 0.150 e. The topological polar surface area (TPSA) is 38.8 Å². The minimum absolute atomic E-state index is 0.364. The number of carbonyl (C=O) groups excluding carboxylic acids is 1. The number of carbonyl (C=O) groups is 1. The van der Waals surface area contributed by atoms with Crippen LogP contribution in [0.3, 0.4) is 0 Å². The van der Waals surface area contributed by atoms with Crippen LogP contribution >= 0.6 is 11.6 Å². The minimum atomic E-state index is 0.364. The van der Waals surface area contributed by atoms with Crippen molar-refractivity contribution in [3.8, 4) is 5.75 Å². The first kappa shape index (κ1) is 20.8. The van der Waals surface area contributed by atoms with Crippen LogP contribution in [-0.4, -0.2) is 44.6 Å². The van der Waals surface area contributed by atoms with Gasteiger partial charge in [0.2, 0.25) is 0 Å². The van der Waals surface area contributed by atoms with Gasteiger partial charge in [-0.15, -0.1) is 0 Å². The van der Waals surface area contributed by atoms with Crippen molar-refractivity contribution in [3.05, 3.63) is 63.2 Å². The highest BCUT2D eigenvalue weighted by Crippen LogP contribution is 2.30. The molecule has 0 amide bonds. The number of halogens is 1. The number of rotatable bonds is 7. The average Bonchev–Trinajstić information content (AvgIpc) is 2.74. The van der Waals surface area contributed by atoms with E-state index < -0.39 is 0 Å². The summed E-state index contributed by atoms with van der Waals surface area (Å²) >= 11 is 6.74. The molecule has 0 bridgehead atoms. The number of benzene rings is 2. The first-order valence-electron chi connectivity index (χ1n) is 9.70. The highest BCUT2D eigenvalue weighted by atomic mass is 35.5. The van der Waals surface area contributed by atoms with Crippen LogP contribution in [0.1, 0.15) is 45.5 Å². The van der Waals surface area contributed by atoms with Crippen molar-refractivity contribution in [2.45, 2.75) is 38.8 Å². The molecule has 3 rings (SSSR count). The SMILES string of the molecule is COc1ccc(Cc2cc(C=O)c(CN(C)C3CCCOC3)c(Cl)c2C)cc1. The fraction of sp³-hybridized carbons (Fsp3) is 0.435. The standard InChI is InChI=1S/C23H28ClNO3/c1-16-18(11-17-6-8-21(27-3)9-7-17)12-19(14-26)22(23(16)24)13-25(2)20-5-4-10-28-15-20/h6-9,12,14,20H,4-5,10-11,13,15H2,1-3H3. The third-order valence-corrected chi connectivity index (χ3v) is 6.11. The van der Waals surface area contributed by atoms with Crippen LogP contribution in [0, 0.1) is 6.92 Å². The Balaban J connectivity index is 1.84. The van der Waals surface area contributed by atoms with Gasteiger partial charge in [-0.1, -0.05) is 23.7 Å². The molecule has 1 saturated heterocycles. The number of aldehydes is 1. The van der Waals surface area contributed by atoms with Crippen molar-refractivity contribution in [2.75, 3.05) is 27.4 Å². The maximum atomic E-state index is 11.8. The van der Waals surface area contributed by atoms with Crippen molar-refractivity contribution >= 4 is 17.9 Å². The fourth-order valence-corrected chi connectivity index (χ4v) is 4.03. The first-order chi connectivity index (χ1) is 13.5. The van der Waals surface area contributed by atoms with Gasteiger partial charge in [-0.25, -0.2) is 0 Å². The number of hydrogen-bond acceptors (Lipinski definition) is 4. The summed E-state index contributed by atoms with van der Waals surface area (Å²) in [6, 6.07) is 10.3. The van der Waals surface area contributed by atoms with Gasteiger partial charge in [0.25, 0.3) is 0 Å². The van der Waals surface area contributed by atoms with Gasteiger partial charge in [0.05, 0.1) is 13.7 Å². The van der Waals surface area contributed by atoms with Crippen molar-refractivity contribution in [1.29, 1.82) is 0 Å². The third-order valence-electron chi connectivity index (χ3n) is 5.60. The van der Waals surface area contributed by atoms with E-state index in [1.165, 1.54) is 0 Å². The summed E-state index contributed by atoms with van der Waals surface area (Å²) in [6.45, 7) is 4.25. The summed E-state index contributed by atoms with van der Waals surface area (Å²) in [4.78, 5) is 14.1. The minimum Gasteiger partial charge on any atom is -0.497 e. The Morgan fingerprint density at radius 1 is 1.32 bits per heavy atom. The van der Waals surface area contributed by atoms with Gasteiger partial charge in [0, 0.05) is 29.8 Å². The lowest BCUT2D eigenvalue weighted by atomic mass is 9.94. The van der Waals surface area contributed by atoms with E-state index in [-0.39, 0.29) is 0 Å². The lowest BCUT2D eigenvalue weighted by Gasteiger charge is -2.32. The zero-order valence-corrected chi connectivity index (χ0v) is 17.6. The molecule has 0 aliphatic carbocycles. The predicted octanol–water partition coefficient (Wildman–Crippen LogP) is 4.67. The molecule has 4 nitrogen and oxygen atoms in total. The molecular formula is C23H28ClNO3. The van der Waals surface area contributed by atoms with E-state index in [0.29, 0.717) is 23.2 Å². The number of hydrogen-bond donors (Lipinski definition) is 0. The van der Waals surface area contributed by atoms with Crippen molar-refractivity contribution < 1.29 is 14.3 Å². The molecule has 1 fully saturated rings. The first-order valence-corrected chi connectivity index (χ1v) is 10.1. The van der Waals surface area contributed by atoms with Gasteiger partial charge >= 0.3 is 0 Å². The number of ether oxygens (including phenoxy) is 2. The number of likely N-dealkylation sites (N-methyl/N-ethyl adjacent to an activating group) is 1. The van der Waals surface area contributed by atoms with Crippen molar-refractivity contribution in [3.63, 3.8) is 0 Å². The van der Waals surface area contributed by atoms with E-state index in [2.05, 4.69) is 11.9 Å². The zero-order valence-electron chi connectivity index (χ0n) is 16.8. The van der Waals surface area contributed by atoms with Crippen molar-refractivity contribution in [2.24, 2.45) is 0 Å². The van der Waals surface area contributed by atoms with Gasteiger partial charge in [-0.2, -0.15) is 0 Å². The Hall–Kier alpha value is -1.88. The van der Waals surface area contributed by atoms with E-state index in [4.69, 9.17) is 21.1 Å². The molecule has 1 aliphatic rings. The number of nitrogens with zero attached hydrogens (tertiary/aromatic N) is 1. The third kappa shape index (κ3) is 4.75. The van der Waals surface area contributed by atoms with E-state index in [1.54, 1.807) is 7.11 Å². The lowest BCUT2D eigenvalue weighted by molar-refractivity contribution is 0.0249. The molecule has 1 unspecified atom stereocenters. The molecule has 1 atom stereocenters. The second-order valence-electron chi connectivity index (χ2n) is 7.47. The van der Waals surface area contributed by atoms with Crippen LogP contribution in [-0.2, 0) is 17.7 Å². The van der Waals surface area contributed by atoms with Crippen LogP contribution in [0.4, 0.5) is 0 Å². The highest BCUT2D eigenvalue weighted by molar-refractivity contribution is 6.32. The molecule has 2 aromatic rings. The number of methoxy groups -OCH3 is 1. The summed E-state index contributed by atoms with van der Waals surface area (Å²) in [6.07, 6.45) is 3.83. The van der Waals surface area contributed by atoms with E-state index >= 15 is 0 Å². The molecule has 0 spiro atoms. The predicted molar refractivity (Wildman–Crippen MR) is 113 cm³/mol. The molecule has 0 N–H and O–H groups in total. The van der Waals surface area contributed by atoms with Gasteiger partial charge < -0.3 is 9.47 Å². The van der Waals surface area contributed by atoms with E-state index in [0.717, 1.165) is 66.8 Å². The Morgan fingerprint density at radius 2 is 2.07 bits per heavy atom. The zero-order chi connectivity index (χ0) is 20.1. The second kappa shape index (κ2) is 9.55. The quantitative estimate of drug-likeness (QED) is 0.632. The molecule has 1 heterocycles. The second-order valence-corrected chi connectivity index (χ2v) is 7.85. The monoisotopic (exact) mass is 401 g/mol. The molecule has 5 heteroatoms. The molecule has 0 radical (unpaired) electrons. The van der Waals surface area contributed by atoms with Crippen LogP contribution in [0.15, 0.2) is 30.3 Å². The van der Waals surface area contributed by atoms with Crippen LogP contribution in [0.2, 0.25) is 5.02 Å². The summed E-state index contributed by atoms with van der Waals surface area (Å²) < 4.78 is 10.8. The Labute approximate surface area is 172 Å². The fourth-order valence-electron chi connectivity index (χ4n) is 3.74. The largest absolute Gasteiger partial charge is 0.497 e. The normalized spacial score (nSPS) is 17.0. The molecule has 1 aliphatic heterocycles. The molecule has 150 valence electrons. The average molecular weight is 402 g/mol. The lowest BCUT2D eigenvalue weighted by Crippen LogP contribution is -2.38. The molecular weight excluding hydrogens is 374 g/mol. The van der Waals surface area contributed by atoms with E-state index in [9.17, 15) is 4.79 Å². The van der Waals surface area contributed by atoms with Crippen LogP contribution in [0.25, 0.3) is 0 Å². The molecule has 28 heavy (non-hydrogen) atoms. The molecule has 2 aromatic carbocycles. The summed E-state index contributed by atoms with van der Waals surface area (Å²) in [5.74, 6) is 0.831. The van der Waals surface area contributed by atoms with E-state index in [1.807, 2.05) is 37.3 Å². The summed E-state index contributed by atoms with van der Waals surface area (Å²) in [7, 11) is 3.73. The molecule has 0 saturated carbocycles. The highest BCUT2D eigenvalue weighted by Gasteiger charge is 2.22. The maximum absolute atomic E-state index is 11.8. The molecule has 0 aromatic heterocycles. The van der Waals surface area contributed by atoms with Gasteiger partial charge in [0.15, 0.2) is 0 Å².